The lowest BCUT2D eigenvalue weighted by atomic mass is 9.89. The molecular formula is C24H24N2O2. The predicted octanol–water partition coefficient (Wildman–Crippen LogP) is 4.65. The Morgan fingerprint density at radius 1 is 1.04 bits per heavy atom. The molecule has 4 rings (SSSR count). The topological polar surface area (TPSA) is 50.7 Å². The second-order valence-electron chi connectivity index (χ2n) is 7.18. The fourth-order valence-corrected chi connectivity index (χ4v) is 3.68. The fraction of sp³-hybridized carbons (Fsp3) is 0.333. The number of carbonyl (C=O) groups excluding carboxylic acids is 1. The van der Waals surface area contributed by atoms with Gasteiger partial charge in [0.1, 0.15) is 6.61 Å². The van der Waals surface area contributed by atoms with E-state index in [-0.39, 0.29) is 5.91 Å². The summed E-state index contributed by atoms with van der Waals surface area (Å²) in [5.41, 5.74) is 2.87. The number of hydrogen-bond acceptors (Lipinski definition) is 3. The highest BCUT2D eigenvalue weighted by Crippen LogP contribution is 2.23. The molecule has 4 nitrogen and oxygen atoms in total. The molecule has 4 heteroatoms. The van der Waals surface area contributed by atoms with Gasteiger partial charge in [0.25, 0.3) is 5.91 Å². The molecule has 0 bridgehead atoms. The molecule has 28 heavy (non-hydrogen) atoms. The van der Waals surface area contributed by atoms with E-state index < -0.39 is 0 Å². The summed E-state index contributed by atoms with van der Waals surface area (Å²) in [5.74, 6) is 7.51. The second kappa shape index (κ2) is 8.75. The lowest BCUT2D eigenvalue weighted by Crippen LogP contribution is -2.16. The van der Waals surface area contributed by atoms with E-state index >= 15 is 0 Å². The number of benzene rings is 2. The fourth-order valence-electron chi connectivity index (χ4n) is 3.68. The van der Waals surface area contributed by atoms with Gasteiger partial charge < -0.3 is 10.1 Å². The summed E-state index contributed by atoms with van der Waals surface area (Å²) in [5, 5.41) is 3.01. The van der Waals surface area contributed by atoms with Gasteiger partial charge in [-0.15, -0.1) is 0 Å². The Kier molecular flexibility index (Phi) is 5.72. The van der Waals surface area contributed by atoms with E-state index in [1.807, 2.05) is 48.5 Å². The van der Waals surface area contributed by atoms with Crippen LogP contribution in [0.1, 0.15) is 53.6 Å². The Morgan fingerprint density at radius 3 is 2.64 bits per heavy atom. The molecule has 1 fully saturated rings. The van der Waals surface area contributed by atoms with Crippen molar-refractivity contribution in [3.63, 3.8) is 0 Å². The highest BCUT2D eigenvalue weighted by Gasteiger charge is 2.17. The van der Waals surface area contributed by atoms with Gasteiger partial charge in [-0.25, -0.2) is 4.99 Å². The van der Waals surface area contributed by atoms with Crippen LogP contribution in [-0.2, 0) is 4.74 Å². The zero-order valence-electron chi connectivity index (χ0n) is 15.9. The van der Waals surface area contributed by atoms with Gasteiger partial charge in [-0.3, -0.25) is 4.79 Å². The number of para-hydroxylation sites is 1. The largest absolute Gasteiger partial charge is 0.475 e. The number of anilines is 1. The van der Waals surface area contributed by atoms with Gasteiger partial charge in [-0.1, -0.05) is 55.4 Å². The molecule has 0 aromatic heterocycles. The minimum atomic E-state index is -0.167. The summed E-state index contributed by atoms with van der Waals surface area (Å²) in [6.45, 7) is 1.23. The highest BCUT2D eigenvalue weighted by atomic mass is 16.5. The first-order valence-electron chi connectivity index (χ1n) is 10.00. The minimum absolute atomic E-state index is 0.167. The number of nitrogens with one attached hydrogen (secondary N) is 1. The van der Waals surface area contributed by atoms with E-state index in [9.17, 15) is 4.79 Å². The highest BCUT2D eigenvalue weighted by molar-refractivity contribution is 6.10. The van der Waals surface area contributed by atoms with Crippen LogP contribution in [0.25, 0.3) is 0 Å². The average Bonchev–Trinajstić information content (AvgIpc) is 3.28. The molecule has 1 amide bonds. The average molecular weight is 372 g/mol. The van der Waals surface area contributed by atoms with Crippen LogP contribution < -0.4 is 5.32 Å². The lowest BCUT2D eigenvalue weighted by molar-refractivity contribution is 0.102. The van der Waals surface area contributed by atoms with Crippen molar-refractivity contribution in [2.45, 2.75) is 32.1 Å². The normalized spacial score (nSPS) is 16.5. The van der Waals surface area contributed by atoms with E-state index in [4.69, 9.17) is 4.74 Å². The third-order valence-electron chi connectivity index (χ3n) is 5.18. The first-order valence-corrected chi connectivity index (χ1v) is 10.00. The van der Waals surface area contributed by atoms with E-state index in [1.165, 1.54) is 19.3 Å². The van der Waals surface area contributed by atoms with Crippen LogP contribution in [0.5, 0.6) is 0 Å². The van der Waals surface area contributed by atoms with Gasteiger partial charge in [-0.2, -0.15) is 0 Å². The van der Waals surface area contributed by atoms with Crippen molar-refractivity contribution in [3.05, 3.63) is 65.2 Å². The summed E-state index contributed by atoms with van der Waals surface area (Å²) >= 11 is 0. The van der Waals surface area contributed by atoms with Crippen LogP contribution in [-0.4, -0.2) is 25.0 Å². The number of carbonyl (C=O) groups is 1. The molecule has 0 atom stereocenters. The van der Waals surface area contributed by atoms with Crippen molar-refractivity contribution in [2.75, 3.05) is 18.5 Å². The summed E-state index contributed by atoms with van der Waals surface area (Å²) < 4.78 is 5.57. The monoisotopic (exact) mass is 372 g/mol. The minimum Gasteiger partial charge on any atom is -0.475 e. The van der Waals surface area contributed by atoms with Crippen molar-refractivity contribution < 1.29 is 9.53 Å². The molecule has 1 aliphatic carbocycles. The van der Waals surface area contributed by atoms with E-state index in [2.05, 4.69) is 22.2 Å². The van der Waals surface area contributed by atoms with E-state index in [0.29, 0.717) is 36.2 Å². The quantitative estimate of drug-likeness (QED) is 0.798. The van der Waals surface area contributed by atoms with Crippen LogP contribution in [0.2, 0.25) is 0 Å². The predicted molar refractivity (Wildman–Crippen MR) is 112 cm³/mol. The van der Waals surface area contributed by atoms with Gasteiger partial charge >= 0.3 is 0 Å². The second-order valence-corrected chi connectivity index (χ2v) is 7.18. The summed E-state index contributed by atoms with van der Waals surface area (Å²) in [6, 6.07) is 15.1. The van der Waals surface area contributed by atoms with Crippen LogP contribution in [0, 0.1) is 17.8 Å². The molecule has 0 spiro atoms. The molecule has 2 aromatic rings. The lowest BCUT2D eigenvalue weighted by Gasteiger charge is -2.15. The molecule has 2 aromatic carbocycles. The molecule has 142 valence electrons. The van der Waals surface area contributed by atoms with Gasteiger partial charge in [0.05, 0.1) is 23.4 Å². The Balaban J connectivity index is 1.56. The maximum absolute atomic E-state index is 13.0. The molecule has 1 saturated carbocycles. The van der Waals surface area contributed by atoms with Gasteiger partial charge in [-0.05, 0) is 37.1 Å². The van der Waals surface area contributed by atoms with Crippen LogP contribution >= 0.6 is 0 Å². The molecule has 2 aliphatic rings. The van der Waals surface area contributed by atoms with Gasteiger partial charge in [0.15, 0.2) is 0 Å². The van der Waals surface area contributed by atoms with Gasteiger partial charge in [0.2, 0.25) is 5.90 Å². The van der Waals surface area contributed by atoms with Crippen molar-refractivity contribution in [1.29, 1.82) is 0 Å². The molecule has 1 heterocycles. The maximum atomic E-state index is 13.0. The van der Waals surface area contributed by atoms with Crippen molar-refractivity contribution in [1.82, 2.24) is 0 Å². The molecule has 0 saturated heterocycles. The van der Waals surface area contributed by atoms with Crippen LogP contribution in [0.4, 0.5) is 5.69 Å². The zero-order chi connectivity index (χ0) is 19.2. The number of rotatable bonds is 3. The van der Waals surface area contributed by atoms with Crippen LogP contribution in [0.15, 0.2) is 53.5 Å². The van der Waals surface area contributed by atoms with Crippen LogP contribution in [0.3, 0.4) is 0 Å². The Morgan fingerprint density at radius 2 is 1.82 bits per heavy atom. The van der Waals surface area contributed by atoms with Crippen molar-refractivity contribution in [3.8, 4) is 11.8 Å². The number of amides is 1. The summed E-state index contributed by atoms with van der Waals surface area (Å²) in [6.07, 6.45) is 6.15. The van der Waals surface area contributed by atoms with E-state index in [0.717, 1.165) is 24.0 Å². The number of nitrogens with zero attached hydrogens (tertiary/aromatic N) is 1. The number of aliphatic imine (C=N–C) groups is 1. The third-order valence-corrected chi connectivity index (χ3v) is 5.18. The molecular weight excluding hydrogens is 348 g/mol. The van der Waals surface area contributed by atoms with E-state index in [1.54, 1.807) is 0 Å². The summed E-state index contributed by atoms with van der Waals surface area (Å²) in [4.78, 5) is 17.4. The van der Waals surface area contributed by atoms with Gasteiger partial charge in [0, 0.05) is 11.5 Å². The summed E-state index contributed by atoms with van der Waals surface area (Å²) in [7, 11) is 0. The smallest absolute Gasteiger partial charge is 0.256 e. The molecule has 0 radical (unpaired) electrons. The molecule has 0 unspecified atom stereocenters. The number of hydrogen-bond donors (Lipinski definition) is 1. The van der Waals surface area contributed by atoms with Crippen molar-refractivity contribution in [2.24, 2.45) is 10.9 Å². The first kappa shape index (κ1) is 18.3. The van der Waals surface area contributed by atoms with Crippen molar-refractivity contribution >= 4 is 17.5 Å². The first-order chi connectivity index (χ1) is 13.8. The Bertz CT molecular complexity index is 946. The SMILES string of the molecule is O=C(Nc1ccccc1C1=NCCO1)c1ccccc1C#CC1CCCCC1. The zero-order valence-corrected chi connectivity index (χ0v) is 15.9. The number of ether oxygens (including phenoxy) is 1. The third kappa shape index (κ3) is 4.26. The Labute approximate surface area is 166 Å². The maximum Gasteiger partial charge on any atom is 0.256 e. The standard InChI is InChI=1S/C24H24N2O2/c27-23(26-22-13-7-6-12-21(22)24-25-16-17-28-24)20-11-5-4-10-19(20)15-14-18-8-2-1-3-9-18/h4-7,10-13,18H,1-3,8-9,16-17H2,(H,26,27). The molecule has 1 aliphatic heterocycles. The Hall–Kier alpha value is -3.06. The molecule has 1 N–H and O–H groups in total.